The van der Waals surface area contributed by atoms with Crippen molar-refractivity contribution in [1.29, 1.82) is 0 Å². The first-order valence-corrected chi connectivity index (χ1v) is 7.44. The molecule has 2 heterocycles. The van der Waals surface area contributed by atoms with Gasteiger partial charge in [0, 0.05) is 31.0 Å². The maximum absolute atomic E-state index is 12.3. The number of hydrogen-bond acceptors (Lipinski definition) is 4. The summed E-state index contributed by atoms with van der Waals surface area (Å²) in [7, 11) is 1.69. The summed E-state index contributed by atoms with van der Waals surface area (Å²) in [6, 6.07) is 4.76. The normalized spacial score (nSPS) is 12.0. The number of nitrogens with zero attached hydrogens (tertiary/aromatic N) is 3. The highest BCUT2D eigenvalue weighted by atomic mass is 16.2. The molecule has 2 rings (SSSR count). The van der Waals surface area contributed by atoms with Crippen LogP contribution in [0.15, 0.2) is 30.6 Å². The first kappa shape index (κ1) is 16.7. The maximum atomic E-state index is 12.3. The molecule has 7 heteroatoms. The summed E-state index contributed by atoms with van der Waals surface area (Å²) in [4.78, 5) is 28.3. The largest absolute Gasteiger partial charge is 0.352 e. The van der Waals surface area contributed by atoms with E-state index < -0.39 is 6.04 Å². The number of amides is 2. The molecule has 0 aliphatic rings. The van der Waals surface area contributed by atoms with Crippen molar-refractivity contribution >= 4 is 11.8 Å². The van der Waals surface area contributed by atoms with Gasteiger partial charge < -0.3 is 10.6 Å². The van der Waals surface area contributed by atoms with E-state index in [2.05, 4.69) is 20.7 Å². The lowest BCUT2D eigenvalue weighted by Gasteiger charge is -2.15. The van der Waals surface area contributed by atoms with Crippen molar-refractivity contribution in [3.8, 4) is 11.3 Å². The molecule has 0 aromatic carbocycles. The fourth-order valence-corrected chi connectivity index (χ4v) is 2.08. The zero-order valence-corrected chi connectivity index (χ0v) is 13.7. The zero-order valence-electron chi connectivity index (χ0n) is 13.7. The third kappa shape index (κ3) is 4.15. The van der Waals surface area contributed by atoms with E-state index in [9.17, 15) is 9.59 Å². The Morgan fingerprint density at radius 3 is 2.57 bits per heavy atom. The molecule has 2 aromatic rings. The summed E-state index contributed by atoms with van der Waals surface area (Å²) in [6.45, 7) is 5.38. The van der Waals surface area contributed by atoms with Crippen LogP contribution in [0.2, 0.25) is 0 Å². The number of pyridine rings is 1. The highest BCUT2D eigenvalue weighted by molar-refractivity contribution is 5.97. The van der Waals surface area contributed by atoms with Crippen LogP contribution in [0.1, 0.15) is 31.3 Å². The highest BCUT2D eigenvalue weighted by Crippen LogP contribution is 2.17. The number of nitrogens with one attached hydrogen (secondary N) is 2. The highest BCUT2D eigenvalue weighted by Gasteiger charge is 2.20. The molecule has 2 aromatic heterocycles. The van der Waals surface area contributed by atoms with E-state index in [4.69, 9.17) is 0 Å². The Morgan fingerprint density at radius 2 is 1.96 bits per heavy atom. The molecule has 1 unspecified atom stereocenters. The van der Waals surface area contributed by atoms with Crippen molar-refractivity contribution in [3.63, 3.8) is 0 Å². The lowest BCUT2D eigenvalue weighted by molar-refractivity contribution is -0.123. The lowest BCUT2D eigenvalue weighted by Crippen LogP contribution is -2.47. The predicted octanol–water partition coefficient (Wildman–Crippen LogP) is 1.12. The first-order valence-electron chi connectivity index (χ1n) is 7.44. The number of carbonyl (C=O) groups is 2. The average Bonchev–Trinajstić information content (AvgIpc) is 2.89. The van der Waals surface area contributed by atoms with Gasteiger partial charge in [-0.1, -0.05) is 0 Å². The van der Waals surface area contributed by atoms with Gasteiger partial charge >= 0.3 is 0 Å². The molecule has 23 heavy (non-hydrogen) atoms. The minimum atomic E-state index is -0.623. The Hall–Kier alpha value is -2.70. The van der Waals surface area contributed by atoms with E-state index in [-0.39, 0.29) is 17.9 Å². The fourth-order valence-electron chi connectivity index (χ4n) is 2.08. The Balaban J connectivity index is 2.11. The van der Waals surface area contributed by atoms with Crippen LogP contribution in [0.25, 0.3) is 11.3 Å². The molecule has 0 saturated carbocycles. The summed E-state index contributed by atoms with van der Waals surface area (Å²) < 4.78 is 1.49. The summed E-state index contributed by atoms with van der Waals surface area (Å²) in [5.74, 6) is -0.565. The number of aryl methyl sites for hydroxylation is 1. The van der Waals surface area contributed by atoms with E-state index in [1.165, 1.54) is 4.68 Å². The Morgan fingerprint density at radius 1 is 1.22 bits per heavy atom. The van der Waals surface area contributed by atoms with Gasteiger partial charge in [-0.15, -0.1) is 0 Å². The van der Waals surface area contributed by atoms with Crippen LogP contribution in [0.4, 0.5) is 0 Å². The van der Waals surface area contributed by atoms with Crippen LogP contribution >= 0.6 is 0 Å². The van der Waals surface area contributed by atoms with Crippen molar-refractivity contribution in [2.24, 2.45) is 7.05 Å². The van der Waals surface area contributed by atoms with E-state index in [1.807, 2.05) is 26.0 Å². The van der Waals surface area contributed by atoms with Crippen molar-refractivity contribution < 1.29 is 9.59 Å². The molecule has 0 bridgehead atoms. The van der Waals surface area contributed by atoms with Crippen molar-refractivity contribution in [3.05, 3.63) is 36.3 Å². The number of hydrogen-bond donors (Lipinski definition) is 2. The molecule has 1 atom stereocenters. The van der Waals surface area contributed by atoms with Crippen molar-refractivity contribution in [2.75, 3.05) is 0 Å². The number of carbonyl (C=O) groups excluding carboxylic acids is 2. The molecule has 0 fully saturated rings. The third-order valence-electron chi connectivity index (χ3n) is 3.24. The fraction of sp³-hybridized carbons (Fsp3) is 0.375. The Bertz CT molecular complexity index is 694. The maximum Gasteiger partial charge on any atom is 0.270 e. The minimum absolute atomic E-state index is 0.0238. The molecule has 0 spiro atoms. The molecule has 0 aliphatic heterocycles. The second-order valence-corrected chi connectivity index (χ2v) is 5.64. The summed E-state index contributed by atoms with van der Waals surface area (Å²) in [6.07, 6.45) is 3.36. The summed E-state index contributed by atoms with van der Waals surface area (Å²) in [5.41, 5.74) is 1.87. The van der Waals surface area contributed by atoms with E-state index >= 15 is 0 Å². The van der Waals surface area contributed by atoms with Crippen molar-refractivity contribution in [1.82, 2.24) is 25.4 Å². The van der Waals surface area contributed by atoms with Gasteiger partial charge in [-0.05, 0) is 39.0 Å². The summed E-state index contributed by atoms with van der Waals surface area (Å²) >= 11 is 0. The average molecular weight is 315 g/mol. The SMILES string of the molecule is CC(C)NC(=O)C(C)NC(=O)c1cc(-c2cccnc2)nn1C. The van der Waals surface area contributed by atoms with E-state index in [0.717, 1.165) is 5.56 Å². The van der Waals surface area contributed by atoms with Gasteiger partial charge in [0.2, 0.25) is 5.91 Å². The lowest BCUT2D eigenvalue weighted by atomic mass is 10.2. The minimum Gasteiger partial charge on any atom is -0.352 e. The van der Waals surface area contributed by atoms with Gasteiger partial charge in [0.05, 0.1) is 5.69 Å². The Kier molecular flexibility index (Phi) is 5.10. The molecular formula is C16H21N5O2. The standard InChI is InChI=1S/C16H21N5O2/c1-10(2)18-15(22)11(3)19-16(23)14-8-13(20-21(14)4)12-6-5-7-17-9-12/h5-11H,1-4H3,(H,18,22)(H,19,23). The van der Waals surface area contributed by atoms with Crippen LogP contribution in [-0.4, -0.2) is 38.7 Å². The molecule has 0 aliphatic carbocycles. The molecule has 2 amide bonds. The zero-order chi connectivity index (χ0) is 17.0. The second-order valence-electron chi connectivity index (χ2n) is 5.64. The number of rotatable bonds is 5. The summed E-state index contributed by atoms with van der Waals surface area (Å²) in [5, 5.41) is 9.76. The van der Waals surface area contributed by atoms with Crippen molar-refractivity contribution in [2.45, 2.75) is 32.9 Å². The third-order valence-corrected chi connectivity index (χ3v) is 3.24. The van der Waals surface area contributed by atoms with Crippen LogP contribution in [-0.2, 0) is 11.8 Å². The van der Waals surface area contributed by atoms with Gasteiger partial charge in [-0.2, -0.15) is 5.10 Å². The molecular weight excluding hydrogens is 294 g/mol. The predicted molar refractivity (Wildman–Crippen MR) is 86.6 cm³/mol. The molecule has 0 saturated heterocycles. The molecule has 0 radical (unpaired) electrons. The van der Waals surface area contributed by atoms with Crippen LogP contribution in [0.3, 0.4) is 0 Å². The first-order chi connectivity index (χ1) is 10.9. The number of aromatic nitrogens is 3. The van der Waals surface area contributed by atoms with Gasteiger partial charge in [0.25, 0.3) is 5.91 Å². The Labute approximate surface area is 135 Å². The molecule has 122 valence electrons. The van der Waals surface area contributed by atoms with Gasteiger partial charge in [-0.25, -0.2) is 0 Å². The molecule has 2 N–H and O–H groups in total. The van der Waals surface area contributed by atoms with Crippen LogP contribution < -0.4 is 10.6 Å². The van der Waals surface area contributed by atoms with Crippen LogP contribution in [0.5, 0.6) is 0 Å². The molecule has 7 nitrogen and oxygen atoms in total. The van der Waals surface area contributed by atoms with Gasteiger partial charge in [0.1, 0.15) is 11.7 Å². The van der Waals surface area contributed by atoms with Gasteiger partial charge in [0.15, 0.2) is 0 Å². The van der Waals surface area contributed by atoms with E-state index in [1.54, 1.807) is 32.4 Å². The second kappa shape index (κ2) is 7.04. The quantitative estimate of drug-likeness (QED) is 0.865. The van der Waals surface area contributed by atoms with Crippen LogP contribution in [0, 0.1) is 0 Å². The monoisotopic (exact) mass is 315 g/mol. The van der Waals surface area contributed by atoms with E-state index in [0.29, 0.717) is 11.4 Å². The topological polar surface area (TPSA) is 88.9 Å². The smallest absolute Gasteiger partial charge is 0.270 e. The van der Waals surface area contributed by atoms with Gasteiger partial charge in [-0.3, -0.25) is 19.3 Å².